The number of allylic oxidation sites excluding steroid dienone is 2. The highest BCUT2D eigenvalue weighted by Gasteiger charge is 2.64. The summed E-state index contributed by atoms with van der Waals surface area (Å²) in [5.41, 5.74) is 2.41. The molecule has 0 N–H and O–H groups in total. The van der Waals surface area contributed by atoms with Gasteiger partial charge in [-0.05, 0) is 86.9 Å². The minimum Gasteiger partial charge on any atom is -0.298 e. The maximum absolute atomic E-state index is 12.4. The van der Waals surface area contributed by atoms with E-state index in [-0.39, 0.29) is 9.74 Å². The van der Waals surface area contributed by atoms with Crippen LogP contribution in [0, 0.1) is 28.6 Å². The molecule has 4 aliphatic carbocycles. The van der Waals surface area contributed by atoms with Gasteiger partial charge in [0, 0.05) is 0 Å². The number of fused-ring (bicyclic) bond motifs is 5. The third-order valence-corrected chi connectivity index (χ3v) is 10.5. The van der Waals surface area contributed by atoms with Gasteiger partial charge in [0.15, 0.2) is 0 Å². The van der Waals surface area contributed by atoms with E-state index in [1.807, 2.05) is 0 Å². The van der Waals surface area contributed by atoms with Crippen molar-refractivity contribution in [2.24, 2.45) is 28.6 Å². The van der Waals surface area contributed by atoms with Crippen molar-refractivity contribution in [3.8, 4) is 0 Å². The van der Waals surface area contributed by atoms with Crippen LogP contribution in [-0.2, 0) is 4.79 Å². The highest BCUT2D eigenvalue weighted by atomic mass is 79.9. The van der Waals surface area contributed by atoms with Gasteiger partial charge in [0.05, 0.1) is 4.32 Å². The van der Waals surface area contributed by atoms with Crippen molar-refractivity contribution in [2.45, 2.75) is 82.9 Å². The first kappa shape index (κ1) is 16.4. The van der Waals surface area contributed by atoms with Crippen LogP contribution in [-0.4, -0.2) is 10.1 Å². The Kier molecular flexibility index (Phi) is 3.69. The summed E-state index contributed by atoms with van der Waals surface area (Å²) in [6.45, 7) is 6.79. The first-order valence-electron chi connectivity index (χ1n) is 9.72. The molecule has 0 bridgehead atoms. The second-order valence-corrected chi connectivity index (χ2v) is 10.7. The third-order valence-electron chi connectivity index (χ3n) is 8.67. The number of carbonyl (C=O) groups excluding carboxylic acids is 1. The maximum Gasteiger partial charge on any atom is 0.147 e. The fraction of sp³-hybridized carbons (Fsp3) is 0.857. The second-order valence-electron chi connectivity index (χ2n) is 9.32. The molecule has 0 saturated heterocycles. The zero-order valence-electron chi connectivity index (χ0n) is 15.0. The topological polar surface area (TPSA) is 17.1 Å². The van der Waals surface area contributed by atoms with E-state index >= 15 is 0 Å². The predicted octanol–water partition coefficient (Wildman–Crippen LogP) is 6.06. The van der Waals surface area contributed by atoms with Crippen LogP contribution in [0.2, 0.25) is 0 Å². The summed E-state index contributed by atoms with van der Waals surface area (Å²) in [5, 5.41) is 0. The van der Waals surface area contributed by atoms with E-state index in [1.165, 1.54) is 51.4 Å². The van der Waals surface area contributed by atoms with E-state index in [0.717, 1.165) is 24.2 Å². The SMILES string of the molecule is CC(=O)[C@@]1(Br)CC[C@H]2[C@@H]3CC=C4CCCC[C@]4(C)[C@H]3CC[C@@]21C. The van der Waals surface area contributed by atoms with E-state index in [1.54, 1.807) is 12.5 Å². The molecule has 23 heavy (non-hydrogen) atoms. The average Bonchev–Trinajstić information content (AvgIpc) is 2.80. The van der Waals surface area contributed by atoms with Crippen molar-refractivity contribution in [3.63, 3.8) is 0 Å². The van der Waals surface area contributed by atoms with Gasteiger partial charge in [-0.1, -0.05) is 47.8 Å². The van der Waals surface area contributed by atoms with Crippen LogP contribution in [0.5, 0.6) is 0 Å². The Morgan fingerprint density at radius 2 is 1.87 bits per heavy atom. The molecule has 0 amide bonds. The molecule has 128 valence electrons. The van der Waals surface area contributed by atoms with Crippen molar-refractivity contribution in [1.82, 2.24) is 0 Å². The lowest BCUT2D eigenvalue weighted by Gasteiger charge is -2.58. The number of rotatable bonds is 1. The van der Waals surface area contributed by atoms with E-state index in [9.17, 15) is 4.79 Å². The average molecular weight is 379 g/mol. The molecule has 0 spiro atoms. The zero-order valence-corrected chi connectivity index (χ0v) is 16.5. The number of hydrogen-bond donors (Lipinski definition) is 0. The van der Waals surface area contributed by atoms with Crippen molar-refractivity contribution in [1.29, 1.82) is 0 Å². The van der Waals surface area contributed by atoms with Gasteiger partial charge < -0.3 is 0 Å². The molecule has 0 aliphatic heterocycles. The number of halogens is 1. The molecule has 3 saturated carbocycles. The Balaban J connectivity index is 1.71. The fourth-order valence-corrected chi connectivity index (χ4v) is 7.98. The predicted molar refractivity (Wildman–Crippen MR) is 98.7 cm³/mol. The van der Waals surface area contributed by atoms with Crippen molar-refractivity contribution >= 4 is 21.7 Å². The normalized spacial score (nSPS) is 52.2. The molecule has 0 aromatic rings. The van der Waals surface area contributed by atoms with Crippen LogP contribution in [0.1, 0.15) is 78.6 Å². The maximum atomic E-state index is 12.4. The van der Waals surface area contributed by atoms with Crippen LogP contribution >= 0.6 is 15.9 Å². The summed E-state index contributed by atoms with van der Waals surface area (Å²) >= 11 is 3.94. The van der Waals surface area contributed by atoms with Gasteiger partial charge in [-0.2, -0.15) is 0 Å². The Morgan fingerprint density at radius 1 is 1.13 bits per heavy atom. The lowest BCUT2D eigenvalue weighted by molar-refractivity contribution is -0.124. The Labute approximate surface area is 149 Å². The minimum absolute atomic E-state index is 0.163. The van der Waals surface area contributed by atoms with Gasteiger partial charge in [0.1, 0.15) is 5.78 Å². The van der Waals surface area contributed by atoms with Crippen LogP contribution in [0.15, 0.2) is 11.6 Å². The summed E-state index contributed by atoms with van der Waals surface area (Å²) in [5.74, 6) is 2.75. The Hall–Kier alpha value is -0.110. The number of ketones is 1. The molecule has 0 aromatic heterocycles. The van der Waals surface area contributed by atoms with Crippen molar-refractivity contribution < 1.29 is 4.79 Å². The quantitative estimate of drug-likeness (QED) is 0.400. The molecule has 0 radical (unpaired) electrons. The summed E-state index contributed by atoms with van der Waals surface area (Å²) in [4.78, 5) is 12.4. The second kappa shape index (κ2) is 5.19. The van der Waals surface area contributed by atoms with Gasteiger partial charge in [-0.3, -0.25) is 4.79 Å². The van der Waals surface area contributed by atoms with Gasteiger partial charge in [-0.25, -0.2) is 0 Å². The molecule has 1 nitrogen and oxygen atoms in total. The first-order chi connectivity index (χ1) is 10.8. The van der Waals surface area contributed by atoms with Crippen LogP contribution in [0.25, 0.3) is 0 Å². The summed E-state index contributed by atoms with van der Waals surface area (Å²) in [6, 6.07) is 0. The summed E-state index contributed by atoms with van der Waals surface area (Å²) in [6.07, 6.45) is 14.3. The Morgan fingerprint density at radius 3 is 2.61 bits per heavy atom. The molecule has 4 aliphatic rings. The number of Topliss-reactive ketones (excluding diaryl/α,β-unsaturated/α-hetero) is 1. The van der Waals surface area contributed by atoms with Crippen molar-refractivity contribution in [3.05, 3.63) is 11.6 Å². The van der Waals surface area contributed by atoms with Gasteiger partial charge in [-0.15, -0.1) is 0 Å². The summed E-state index contributed by atoms with van der Waals surface area (Å²) < 4.78 is -0.257. The van der Waals surface area contributed by atoms with Crippen LogP contribution in [0.4, 0.5) is 0 Å². The monoisotopic (exact) mass is 378 g/mol. The number of alkyl halides is 1. The smallest absolute Gasteiger partial charge is 0.147 e. The molecule has 4 rings (SSSR count). The molecule has 0 aromatic carbocycles. The number of carbonyl (C=O) groups is 1. The lowest BCUT2D eigenvalue weighted by atomic mass is 9.47. The minimum atomic E-state index is -0.257. The lowest BCUT2D eigenvalue weighted by Crippen LogP contribution is -2.54. The molecule has 2 heteroatoms. The Bertz CT molecular complexity index is 566. The molecule has 3 fully saturated rings. The molecular formula is C21H31BrO. The van der Waals surface area contributed by atoms with Gasteiger partial charge >= 0.3 is 0 Å². The largest absolute Gasteiger partial charge is 0.298 e. The molecule has 0 heterocycles. The first-order valence-corrected chi connectivity index (χ1v) is 10.5. The highest BCUT2D eigenvalue weighted by Crippen LogP contribution is 2.69. The van der Waals surface area contributed by atoms with Gasteiger partial charge in [0.25, 0.3) is 0 Å². The summed E-state index contributed by atoms with van der Waals surface area (Å²) in [7, 11) is 0. The third kappa shape index (κ3) is 1.99. The van der Waals surface area contributed by atoms with E-state index < -0.39 is 0 Å². The fourth-order valence-electron chi connectivity index (χ4n) is 7.26. The molecule has 0 unspecified atom stereocenters. The van der Waals surface area contributed by atoms with Crippen molar-refractivity contribution in [2.75, 3.05) is 0 Å². The molecule has 6 atom stereocenters. The van der Waals surface area contributed by atoms with E-state index in [0.29, 0.717) is 11.2 Å². The zero-order chi connectivity index (χ0) is 16.5. The van der Waals surface area contributed by atoms with E-state index in [4.69, 9.17) is 0 Å². The van der Waals surface area contributed by atoms with Gasteiger partial charge in [0.2, 0.25) is 0 Å². The highest BCUT2D eigenvalue weighted by molar-refractivity contribution is 9.10. The van der Waals surface area contributed by atoms with Crippen LogP contribution in [0.3, 0.4) is 0 Å². The molecular weight excluding hydrogens is 348 g/mol. The van der Waals surface area contributed by atoms with E-state index in [2.05, 4.69) is 35.9 Å². The van der Waals surface area contributed by atoms with Crippen LogP contribution < -0.4 is 0 Å². The number of hydrogen-bond acceptors (Lipinski definition) is 1. The standard InChI is InChI=1S/C21H31BrO/c1-14(23)21(22)13-10-18-16-8-7-15-6-4-5-11-19(15,2)17(16)9-12-20(18,21)3/h7,16-18H,4-6,8-13H2,1-3H3/t16-,17+,18+,19+,20+,21+/m1/s1.